The van der Waals surface area contributed by atoms with Crippen LogP contribution in [0.3, 0.4) is 0 Å². The van der Waals surface area contributed by atoms with E-state index in [-0.39, 0.29) is 11.4 Å². The second-order valence-corrected chi connectivity index (χ2v) is 4.71. The number of aromatic nitrogens is 2. The summed E-state index contributed by atoms with van der Waals surface area (Å²) >= 11 is 0. The molecule has 0 aliphatic rings. The molecular formula is C15H15N3O6. The first-order valence-corrected chi connectivity index (χ1v) is 6.72. The summed E-state index contributed by atoms with van der Waals surface area (Å²) in [5.74, 6) is -2.68. The minimum atomic E-state index is -1.17. The third kappa shape index (κ3) is 3.35. The molecule has 0 saturated carbocycles. The molecule has 2 aromatic rings. The predicted octanol–water partition coefficient (Wildman–Crippen LogP) is 0.913. The van der Waals surface area contributed by atoms with Gasteiger partial charge in [0, 0.05) is 18.1 Å². The number of nitrogens with one attached hydrogen (secondary N) is 1. The zero-order chi connectivity index (χ0) is 17.9. The van der Waals surface area contributed by atoms with Crippen LogP contribution in [0.4, 0.5) is 5.69 Å². The highest BCUT2D eigenvalue weighted by Crippen LogP contribution is 2.23. The molecule has 0 saturated heterocycles. The molecule has 24 heavy (non-hydrogen) atoms. The molecule has 0 bridgehead atoms. The van der Waals surface area contributed by atoms with Gasteiger partial charge in [0.05, 0.1) is 25.8 Å². The van der Waals surface area contributed by atoms with Gasteiger partial charge in [0.1, 0.15) is 5.70 Å². The van der Waals surface area contributed by atoms with Crippen molar-refractivity contribution in [3.05, 3.63) is 35.7 Å². The number of carboxylic acids is 1. The number of esters is 2. The molecule has 9 nitrogen and oxygen atoms in total. The molecule has 1 heterocycles. The van der Waals surface area contributed by atoms with Gasteiger partial charge in [-0.15, -0.1) is 0 Å². The summed E-state index contributed by atoms with van der Waals surface area (Å²) in [5.41, 5.74) is 0.727. The lowest BCUT2D eigenvalue weighted by atomic mass is 10.2. The van der Waals surface area contributed by atoms with Crippen LogP contribution in [-0.2, 0) is 26.1 Å². The van der Waals surface area contributed by atoms with E-state index >= 15 is 0 Å². The Hall–Kier alpha value is -3.36. The molecule has 0 atom stereocenters. The number of ether oxygens (including phenoxy) is 2. The van der Waals surface area contributed by atoms with Crippen LogP contribution >= 0.6 is 0 Å². The molecule has 0 aliphatic carbocycles. The monoisotopic (exact) mass is 333 g/mol. The minimum absolute atomic E-state index is 0.118. The minimum Gasteiger partial charge on any atom is -0.476 e. The second kappa shape index (κ2) is 6.82. The number of hydrogen-bond acceptors (Lipinski definition) is 7. The number of hydrogen-bond donors (Lipinski definition) is 2. The summed E-state index contributed by atoms with van der Waals surface area (Å²) in [7, 11) is 3.97. The lowest BCUT2D eigenvalue weighted by molar-refractivity contribution is -0.138. The van der Waals surface area contributed by atoms with E-state index in [9.17, 15) is 19.5 Å². The summed E-state index contributed by atoms with van der Waals surface area (Å²) in [6, 6.07) is 4.77. The standard InChI is InChI=1S/C15H15N3O6/c1-18-11-5-4-8(6-9(11)13(17-18)14(20)21)16-10(15(22)24-3)7-12(19)23-2/h4-7,16H,1-3H3,(H,20,21)/b10-7+. The van der Waals surface area contributed by atoms with E-state index in [1.165, 1.54) is 25.0 Å². The van der Waals surface area contributed by atoms with Gasteiger partial charge in [-0.25, -0.2) is 14.4 Å². The summed E-state index contributed by atoms with van der Waals surface area (Å²) in [6.45, 7) is 0. The fraction of sp³-hybridized carbons (Fsp3) is 0.200. The number of fused-ring (bicyclic) bond motifs is 1. The number of aromatic carboxylic acids is 1. The van der Waals surface area contributed by atoms with Crippen molar-refractivity contribution in [2.45, 2.75) is 0 Å². The van der Waals surface area contributed by atoms with Crippen LogP contribution in [0, 0.1) is 0 Å². The van der Waals surface area contributed by atoms with Gasteiger partial charge < -0.3 is 19.9 Å². The molecule has 0 amide bonds. The fourth-order valence-electron chi connectivity index (χ4n) is 2.09. The fourth-order valence-corrected chi connectivity index (χ4v) is 2.09. The Labute approximate surface area is 136 Å². The molecule has 0 fully saturated rings. The number of rotatable bonds is 5. The molecule has 9 heteroatoms. The van der Waals surface area contributed by atoms with E-state index < -0.39 is 17.9 Å². The summed E-state index contributed by atoms with van der Waals surface area (Å²) in [5, 5.41) is 16.2. The molecule has 1 aromatic heterocycles. The van der Waals surface area contributed by atoms with E-state index in [4.69, 9.17) is 0 Å². The van der Waals surface area contributed by atoms with Crippen molar-refractivity contribution in [3.8, 4) is 0 Å². The summed E-state index contributed by atoms with van der Waals surface area (Å²) in [4.78, 5) is 34.4. The SMILES string of the molecule is COC(=O)/C=C(/Nc1ccc2c(c1)c(C(=O)O)nn2C)C(=O)OC. The van der Waals surface area contributed by atoms with E-state index in [0.29, 0.717) is 16.6 Å². The molecule has 0 spiro atoms. The Kier molecular flexibility index (Phi) is 4.83. The molecule has 2 rings (SSSR count). The molecule has 0 unspecified atom stereocenters. The van der Waals surface area contributed by atoms with Gasteiger partial charge in [-0.2, -0.15) is 5.10 Å². The maximum atomic E-state index is 11.7. The summed E-state index contributed by atoms with van der Waals surface area (Å²) < 4.78 is 10.5. The molecule has 0 aliphatic heterocycles. The quantitative estimate of drug-likeness (QED) is 0.612. The highest BCUT2D eigenvalue weighted by molar-refractivity contribution is 6.03. The number of aryl methyl sites for hydroxylation is 1. The number of anilines is 1. The zero-order valence-corrected chi connectivity index (χ0v) is 13.2. The van der Waals surface area contributed by atoms with Crippen molar-refractivity contribution in [2.75, 3.05) is 19.5 Å². The Bertz CT molecular complexity index is 852. The Morgan fingerprint density at radius 2 is 1.96 bits per heavy atom. The lowest BCUT2D eigenvalue weighted by Gasteiger charge is -2.09. The van der Waals surface area contributed by atoms with Crippen LogP contribution in [0.25, 0.3) is 10.9 Å². The van der Waals surface area contributed by atoms with Crippen molar-refractivity contribution in [3.63, 3.8) is 0 Å². The predicted molar refractivity (Wildman–Crippen MR) is 83.4 cm³/mol. The van der Waals surface area contributed by atoms with Crippen molar-refractivity contribution >= 4 is 34.5 Å². The van der Waals surface area contributed by atoms with Gasteiger partial charge >= 0.3 is 17.9 Å². The van der Waals surface area contributed by atoms with Crippen LogP contribution in [0.15, 0.2) is 30.0 Å². The van der Waals surface area contributed by atoms with Gasteiger partial charge in [0.2, 0.25) is 0 Å². The maximum absolute atomic E-state index is 11.7. The van der Waals surface area contributed by atoms with E-state index in [2.05, 4.69) is 19.9 Å². The number of benzene rings is 1. The highest BCUT2D eigenvalue weighted by atomic mass is 16.5. The number of methoxy groups -OCH3 is 2. The third-order valence-electron chi connectivity index (χ3n) is 3.20. The largest absolute Gasteiger partial charge is 0.476 e. The van der Waals surface area contributed by atoms with Crippen molar-refractivity contribution < 1.29 is 29.0 Å². The van der Waals surface area contributed by atoms with Crippen molar-refractivity contribution in [1.82, 2.24) is 9.78 Å². The van der Waals surface area contributed by atoms with E-state index in [1.54, 1.807) is 19.2 Å². The van der Waals surface area contributed by atoms with E-state index in [1.807, 2.05) is 0 Å². The van der Waals surface area contributed by atoms with Crippen LogP contribution < -0.4 is 5.32 Å². The molecular weight excluding hydrogens is 318 g/mol. The molecule has 0 radical (unpaired) electrons. The van der Waals surface area contributed by atoms with Gasteiger partial charge in [-0.05, 0) is 18.2 Å². The summed E-state index contributed by atoms with van der Waals surface area (Å²) in [6.07, 6.45) is 0.942. The highest BCUT2D eigenvalue weighted by Gasteiger charge is 2.17. The first kappa shape index (κ1) is 17.0. The van der Waals surface area contributed by atoms with Crippen LogP contribution in [0.1, 0.15) is 10.5 Å². The van der Waals surface area contributed by atoms with Crippen LogP contribution in [0.5, 0.6) is 0 Å². The number of carbonyl (C=O) groups is 3. The first-order chi connectivity index (χ1) is 11.4. The maximum Gasteiger partial charge on any atom is 0.357 e. The first-order valence-electron chi connectivity index (χ1n) is 6.72. The van der Waals surface area contributed by atoms with Crippen molar-refractivity contribution in [2.24, 2.45) is 7.05 Å². The number of carboxylic acid groups (broad SMARTS) is 1. The van der Waals surface area contributed by atoms with Gasteiger partial charge in [-0.1, -0.05) is 0 Å². The lowest BCUT2D eigenvalue weighted by Crippen LogP contribution is -2.15. The second-order valence-electron chi connectivity index (χ2n) is 4.71. The van der Waals surface area contributed by atoms with Crippen molar-refractivity contribution in [1.29, 1.82) is 0 Å². The van der Waals surface area contributed by atoms with Gasteiger partial charge in [-0.3, -0.25) is 4.68 Å². The number of carbonyl (C=O) groups excluding carboxylic acids is 2. The molecule has 2 N–H and O–H groups in total. The van der Waals surface area contributed by atoms with Crippen LogP contribution in [-0.4, -0.2) is 47.0 Å². The molecule has 1 aromatic carbocycles. The van der Waals surface area contributed by atoms with Gasteiger partial charge in [0.25, 0.3) is 0 Å². The topological polar surface area (TPSA) is 120 Å². The normalized spacial score (nSPS) is 11.2. The van der Waals surface area contributed by atoms with E-state index in [0.717, 1.165) is 6.08 Å². The third-order valence-corrected chi connectivity index (χ3v) is 3.20. The van der Waals surface area contributed by atoms with Crippen LogP contribution in [0.2, 0.25) is 0 Å². The van der Waals surface area contributed by atoms with Gasteiger partial charge in [0.15, 0.2) is 5.69 Å². The average Bonchev–Trinajstić information content (AvgIpc) is 2.90. The molecule has 126 valence electrons. The number of nitrogens with zero attached hydrogens (tertiary/aromatic N) is 2. The average molecular weight is 333 g/mol. The Balaban J connectivity index is 2.46. The zero-order valence-electron chi connectivity index (χ0n) is 13.2. The smallest absolute Gasteiger partial charge is 0.357 e. The Morgan fingerprint density at radius 1 is 1.25 bits per heavy atom. The Morgan fingerprint density at radius 3 is 2.54 bits per heavy atom.